The number of aliphatic hydroxyl groups excluding tert-OH is 9. The summed E-state index contributed by atoms with van der Waals surface area (Å²) in [5, 5.41) is 111. The maximum atomic E-state index is 12.7. The maximum Gasteiger partial charge on any atom is 0.187 e. The van der Waals surface area contributed by atoms with Gasteiger partial charge in [-0.1, -0.05) is 41.0 Å². The molecule has 6 fully saturated rings. The van der Waals surface area contributed by atoms with E-state index in [9.17, 15) is 51.1 Å². The average molecular weight is 791 g/mol. The molecule has 0 amide bonds. The first-order valence-electron chi connectivity index (χ1n) is 20.7. The molecule has 2 heterocycles. The lowest BCUT2D eigenvalue weighted by atomic mass is 9.41. The van der Waals surface area contributed by atoms with E-state index in [1.807, 2.05) is 6.92 Å². The van der Waals surface area contributed by atoms with Gasteiger partial charge in [0.25, 0.3) is 0 Å². The smallest absolute Gasteiger partial charge is 0.187 e. The summed E-state index contributed by atoms with van der Waals surface area (Å²) in [5.41, 5.74) is -2.69. The van der Waals surface area contributed by atoms with Crippen LogP contribution in [0.4, 0.5) is 0 Å². The van der Waals surface area contributed by atoms with Gasteiger partial charge in [-0.25, -0.2) is 0 Å². The van der Waals surface area contributed by atoms with Crippen LogP contribution >= 0.6 is 0 Å². The monoisotopic (exact) mass is 790 g/mol. The molecule has 4 saturated carbocycles. The number of hydrogen-bond donors (Lipinski definition) is 10. The van der Waals surface area contributed by atoms with Gasteiger partial charge in [0.2, 0.25) is 0 Å². The number of aliphatic hydroxyl groups is 10. The molecule has 0 spiro atoms. The van der Waals surface area contributed by atoms with Crippen LogP contribution in [0.3, 0.4) is 0 Å². The molecule has 0 radical (unpaired) electrons. The van der Waals surface area contributed by atoms with Crippen molar-refractivity contribution in [2.75, 3.05) is 26.9 Å². The Bertz CT molecular complexity index is 1280. The van der Waals surface area contributed by atoms with Gasteiger partial charge in [0.05, 0.1) is 55.9 Å². The molecule has 15 heteroatoms. The molecule has 0 bridgehead atoms. The number of rotatable bonds is 12. The fourth-order valence-corrected chi connectivity index (χ4v) is 12.8. The van der Waals surface area contributed by atoms with Crippen LogP contribution in [-0.4, -0.2) is 163 Å². The summed E-state index contributed by atoms with van der Waals surface area (Å²) < 4.78 is 28.7. The first-order valence-corrected chi connectivity index (χ1v) is 20.7. The number of methoxy groups -OCH3 is 1. The average Bonchev–Trinajstić information content (AvgIpc) is 3.33. The summed E-state index contributed by atoms with van der Waals surface area (Å²) in [4.78, 5) is 0. The van der Waals surface area contributed by atoms with E-state index < -0.39 is 108 Å². The lowest BCUT2D eigenvalue weighted by molar-refractivity contribution is -0.345. The van der Waals surface area contributed by atoms with Crippen LogP contribution in [0.5, 0.6) is 0 Å². The zero-order valence-corrected chi connectivity index (χ0v) is 33.3. The van der Waals surface area contributed by atoms with Gasteiger partial charge in [0.15, 0.2) is 12.6 Å². The normalized spacial score (nSPS) is 52.6. The van der Waals surface area contributed by atoms with Crippen molar-refractivity contribution in [2.45, 2.75) is 171 Å². The molecule has 55 heavy (non-hydrogen) atoms. The summed E-state index contributed by atoms with van der Waals surface area (Å²) in [7, 11) is 1.34. The van der Waals surface area contributed by atoms with E-state index in [1.165, 1.54) is 7.11 Å². The standard InChI is InChI=1S/C40H70O15/c1-18(2)20(11-14-52-36-34(30(47)24(44)16-53-36)55-37-33(51-6)29(46)23(43)17-54-37)8-7-19(3)26-31(48)32(49)35-39(26,5)13-10-25-38(4)12-9-21(41)28(45)27(38)22(42)15-40(25,35)50/h18-37,41-50H,7-17H2,1-6H3/t19-,20-,21+,22+,23?,24?,25?,26+,27?,28+,29?,30?,31-,32-,33?,34?,35?,36?,37?,38-,39-,40+/m1/s1. The van der Waals surface area contributed by atoms with E-state index >= 15 is 0 Å². The zero-order chi connectivity index (χ0) is 40.4. The lowest BCUT2D eigenvalue weighted by Gasteiger charge is -2.66. The van der Waals surface area contributed by atoms with E-state index in [2.05, 4.69) is 27.7 Å². The predicted octanol–water partition coefficient (Wildman–Crippen LogP) is -0.344. The van der Waals surface area contributed by atoms with Gasteiger partial charge in [0, 0.05) is 25.4 Å². The molecule has 22 atom stereocenters. The SMILES string of the molecule is COC1C(OC2C(OCC[C@@H](CC[C@@H](C)[C@H]3[C@@H](O)[C@@H](O)C4[C@]5(O)C[C@H](O)C6[C@@H](O)[C@@H](O)CC[C@]6(C)C5CC[C@@]43C)C(C)C)OCC(O)C2O)OCC(O)C1O. The van der Waals surface area contributed by atoms with E-state index in [-0.39, 0.29) is 55.8 Å². The van der Waals surface area contributed by atoms with Gasteiger partial charge >= 0.3 is 0 Å². The molecule has 0 aromatic rings. The van der Waals surface area contributed by atoms with Gasteiger partial charge in [-0.2, -0.15) is 0 Å². The molecule has 4 aliphatic carbocycles. The third-order valence-electron chi connectivity index (χ3n) is 15.6. The summed E-state index contributed by atoms with van der Waals surface area (Å²) >= 11 is 0. The molecular weight excluding hydrogens is 720 g/mol. The summed E-state index contributed by atoms with van der Waals surface area (Å²) in [5.74, 6) is -1.41. The Morgan fingerprint density at radius 1 is 0.673 bits per heavy atom. The van der Waals surface area contributed by atoms with Crippen LogP contribution in [0.2, 0.25) is 0 Å². The third-order valence-corrected chi connectivity index (χ3v) is 15.6. The van der Waals surface area contributed by atoms with Crippen molar-refractivity contribution in [1.82, 2.24) is 0 Å². The van der Waals surface area contributed by atoms with Gasteiger partial charge in [-0.15, -0.1) is 0 Å². The maximum absolute atomic E-state index is 12.7. The van der Waals surface area contributed by atoms with Crippen LogP contribution in [-0.2, 0) is 23.7 Å². The third kappa shape index (κ3) is 7.70. The number of fused-ring (bicyclic) bond motifs is 5. The first kappa shape index (κ1) is 44.0. The van der Waals surface area contributed by atoms with Crippen LogP contribution in [0, 0.1) is 52.3 Å². The molecule has 0 aromatic heterocycles. The molecule has 10 N–H and O–H groups in total. The largest absolute Gasteiger partial charge is 0.393 e. The zero-order valence-electron chi connectivity index (χ0n) is 33.3. The van der Waals surface area contributed by atoms with Gasteiger partial charge in [-0.3, -0.25) is 0 Å². The quantitative estimate of drug-likeness (QED) is 0.122. The Labute approximate surface area is 324 Å². The Hall–Kier alpha value is -0.600. The predicted molar refractivity (Wildman–Crippen MR) is 195 cm³/mol. The molecular formula is C40H70O15. The van der Waals surface area contributed by atoms with E-state index in [0.717, 1.165) is 12.8 Å². The van der Waals surface area contributed by atoms with E-state index in [0.29, 0.717) is 32.1 Å². The van der Waals surface area contributed by atoms with Crippen molar-refractivity contribution < 1.29 is 74.7 Å². The van der Waals surface area contributed by atoms with Gasteiger partial charge < -0.3 is 74.7 Å². The van der Waals surface area contributed by atoms with E-state index in [4.69, 9.17) is 23.7 Å². The lowest BCUT2D eigenvalue weighted by Crippen LogP contribution is -2.71. The fourth-order valence-electron chi connectivity index (χ4n) is 12.8. The molecule has 0 aromatic carbocycles. The highest BCUT2D eigenvalue weighted by molar-refractivity contribution is 5.22. The summed E-state index contributed by atoms with van der Waals surface area (Å²) in [6.07, 6.45) is -10.5. The molecule has 320 valence electrons. The van der Waals surface area contributed by atoms with E-state index in [1.54, 1.807) is 0 Å². The van der Waals surface area contributed by atoms with Crippen molar-refractivity contribution in [2.24, 2.45) is 52.3 Å². The van der Waals surface area contributed by atoms with Crippen molar-refractivity contribution >= 4 is 0 Å². The topological polar surface area (TPSA) is 248 Å². The van der Waals surface area contributed by atoms with Crippen LogP contribution in [0.15, 0.2) is 0 Å². The first-order chi connectivity index (χ1) is 25.8. The minimum absolute atomic E-state index is 0.0142. The number of hydrogen-bond acceptors (Lipinski definition) is 15. The molecule has 15 nitrogen and oxygen atoms in total. The second-order valence-corrected chi connectivity index (χ2v) is 19.0. The minimum Gasteiger partial charge on any atom is -0.393 e. The van der Waals surface area contributed by atoms with Crippen molar-refractivity contribution in [3.05, 3.63) is 0 Å². The molecule has 11 unspecified atom stereocenters. The van der Waals surface area contributed by atoms with Crippen molar-refractivity contribution in [3.63, 3.8) is 0 Å². The van der Waals surface area contributed by atoms with Gasteiger partial charge in [0.1, 0.15) is 36.6 Å². The Balaban J connectivity index is 1.09. The Morgan fingerprint density at radius 2 is 1.29 bits per heavy atom. The van der Waals surface area contributed by atoms with Crippen LogP contribution in [0.1, 0.15) is 86.0 Å². The second-order valence-electron chi connectivity index (χ2n) is 19.0. The van der Waals surface area contributed by atoms with Crippen molar-refractivity contribution in [3.8, 4) is 0 Å². The fraction of sp³-hybridized carbons (Fsp3) is 1.00. The Morgan fingerprint density at radius 3 is 1.93 bits per heavy atom. The highest BCUT2D eigenvalue weighted by atomic mass is 16.8. The van der Waals surface area contributed by atoms with Crippen LogP contribution in [0.25, 0.3) is 0 Å². The highest BCUT2D eigenvalue weighted by Crippen LogP contribution is 2.70. The summed E-state index contributed by atoms with van der Waals surface area (Å²) in [6, 6.07) is 0. The van der Waals surface area contributed by atoms with Crippen molar-refractivity contribution in [1.29, 1.82) is 0 Å². The molecule has 2 saturated heterocycles. The minimum atomic E-state index is -1.45. The second kappa shape index (κ2) is 16.8. The molecule has 2 aliphatic heterocycles. The van der Waals surface area contributed by atoms with Crippen LogP contribution < -0.4 is 0 Å². The molecule has 6 rings (SSSR count). The Kier molecular flexibility index (Phi) is 13.4. The highest BCUT2D eigenvalue weighted by Gasteiger charge is 2.73. The number of ether oxygens (including phenoxy) is 5. The molecule has 6 aliphatic rings. The summed E-state index contributed by atoms with van der Waals surface area (Å²) in [6.45, 7) is 10.3. The van der Waals surface area contributed by atoms with Gasteiger partial charge in [-0.05, 0) is 78.9 Å².